The lowest BCUT2D eigenvalue weighted by Gasteiger charge is -2.25. The molecule has 0 N–H and O–H groups in total. The summed E-state index contributed by atoms with van der Waals surface area (Å²) in [6.07, 6.45) is 9.57. The summed E-state index contributed by atoms with van der Waals surface area (Å²) in [4.78, 5) is 23.2. The fourth-order valence-corrected chi connectivity index (χ4v) is 3.77. The molecule has 1 atom stereocenters. The topological polar surface area (TPSA) is 63.9 Å². The summed E-state index contributed by atoms with van der Waals surface area (Å²) in [5.74, 6) is 0.674. The van der Waals surface area contributed by atoms with Gasteiger partial charge in [0.25, 0.3) is 5.56 Å². The molecule has 0 aromatic carbocycles. The molecule has 1 saturated heterocycles. The van der Waals surface area contributed by atoms with E-state index in [-0.39, 0.29) is 11.6 Å². The molecule has 2 aromatic heterocycles. The third-order valence-corrected chi connectivity index (χ3v) is 5.09. The zero-order valence-electron chi connectivity index (χ0n) is 13.5. The van der Waals surface area contributed by atoms with Gasteiger partial charge in [-0.3, -0.25) is 4.79 Å². The molecule has 2 aromatic rings. The van der Waals surface area contributed by atoms with Crippen LogP contribution in [0.4, 0.5) is 5.95 Å². The van der Waals surface area contributed by atoms with Crippen molar-refractivity contribution in [3.63, 3.8) is 0 Å². The first-order valence-electron chi connectivity index (χ1n) is 8.55. The van der Waals surface area contributed by atoms with Crippen molar-refractivity contribution in [1.29, 1.82) is 0 Å². The summed E-state index contributed by atoms with van der Waals surface area (Å²) in [5, 5.41) is 5.16. The molecule has 6 nitrogen and oxygen atoms in total. The van der Waals surface area contributed by atoms with E-state index in [9.17, 15) is 4.79 Å². The second-order valence-electron chi connectivity index (χ2n) is 6.53. The molecule has 0 radical (unpaired) electrons. The van der Waals surface area contributed by atoms with E-state index in [1.807, 2.05) is 0 Å². The molecule has 0 bridgehead atoms. The Labute approximate surface area is 145 Å². The Balaban J connectivity index is 1.58. The summed E-state index contributed by atoms with van der Waals surface area (Å²) in [6.45, 7) is 1.48. The molecule has 1 aliphatic carbocycles. The number of halogens is 1. The standard InChI is InChI=1S/C17H20ClN5O/c18-13-9-19-17(20-10-13)22-7-3-5-14(22)11-23-16(24)8-12-4-1-2-6-15(12)21-23/h8-10,14H,1-7,11H2. The van der Waals surface area contributed by atoms with Crippen LogP contribution in [-0.2, 0) is 19.4 Å². The smallest absolute Gasteiger partial charge is 0.267 e. The van der Waals surface area contributed by atoms with Crippen LogP contribution in [0.2, 0.25) is 5.02 Å². The minimum absolute atomic E-state index is 0.000440. The molecule has 24 heavy (non-hydrogen) atoms. The first-order valence-corrected chi connectivity index (χ1v) is 8.92. The van der Waals surface area contributed by atoms with Gasteiger partial charge in [-0.1, -0.05) is 11.6 Å². The number of aromatic nitrogens is 4. The van der Waals surface area contributed by atoms with Crippen molar-refractivity contribution in [2.75, 3.05) is 11.4 Å². The largest absolute Gasteiger partial charge is 0.336 e. The molecule has 0 amide bonds. The van der Waals surface area contributed by atoms with Crippen molar-refractivity contribution in [3.8, 4) is 0 Å². The van der Waals surface area contributed by atoms with Crippen LogP contribution < -0.4 is 10.5 Å². The van der Waals surface area contributed by atoms with Gasteiger partial charge in [0.1, 0.15) is 0 Å². The Morgan fingerprint density at radius 1 is 1.17 bits per heavy atom. The maximum Gasteiger partial charge on any atom is 0.267 e. The van der Waals surface area contributed by atoms with E-state index in [0.29, 0.717) is 17.5 Å². The Morgan fingerprint density at radius 2 is 1.96 bits per heavy atom. The highest BCUT2D eigenvalue weighted by molar-refractivity contribution is 6.30. The van der Waals surface area contributed by atoms with Gasteiger partial charge in [0.05, 0.1) is 35.7 Å². The van der Waals surface area contributed by atoms with Gasteiger partial charge in [-0.05, 0) is 44.1 Å². The number of nitrogens with zero attached hydrogens (tertiary/aromatic N) is 5. The van der Waals surface area contributed by atoms with Gasteiger partial charge in [-0.2, -0.15) is 5.10 Å². The van der Waals surface area contributed by atoms with E-state index in [1.165, 1.54) is 0 Å². The first-order chi connectivity index (χ1) is 11.7. The molecular formula is C17H20ClN5O. The average molecular weight is 346 g/mol. The normalized spacial score (nSPS) is 20.2. The minimum Gasteiger partial charge on any atom is -0.336 e. The zero-order chi connectivity index (χ0) is 16.5. The predicted octanol–water partition coefficient (Wildman–Crippen LogP) is 2.23. The number of hydrogen-bond donors (Lipinski definition) is 0. The number of rotatable bonds is 3. The monoisotopic (exact) mass is 345 g/mol. The van der Waals surface area contributed by atoms with Crippen LogP contribution in [-0.4, -0.2) is 32.3 Å². The number of aryl methyl sites for hydroxylation is 2. The van der Waals surface area contributed by atoms with Gasteiger partial charge < -0.3 is 4.90 Å². The molecule has 1 aliphatic heterocycles. The Morgan fingerprint density at radius 3 is 2.79 bits per heavy atom. The van der Waals surface area contributed by atoms with E-state index in [2.05, 4.69) is 20.0 Å². The maximum atomic E-state index is 12.4. The van der Waals surface area contributed by atoms with Gasteiger partial charge in [-0.15, -0.1) is 0 Å². The molecule has 126 valence electrons. The van der Waals surface area contributed by atoms with Gasteiger partial charge >= 0.3 is 0 Å². The molecule has 0 saturated carbocycles. The lowest BCUT2D eigenvalue weighted by molar-refractivity contribution is 0.470. The van der Waals surface area contributed by atoms with Crippen molar-refractivity contribution in [2.24, 2.45) is 0 Å². The molecular weight excluding hydrogens is 326 g/mol. The van der Waals surface area contributed by atoms with Gasteiger partial charge in [0.2, 0.25) is 5.95 Å². The molecule has 7 heteroatoms. The van der Waals surface area contributed by atoms with Crippen LogP contribution in [0.1, 0.15) is 36.9 Å². The molecule has 1 fully saturated rings. The minimum atomic E-state index is -0.000440. The SMILES string of the molecule is O=c1cc2c(nn1CC1CCCN1c1ncc(Cl)cn1)CCCC2. The van der Waals surface area contributed by atoms with Crippen molar-refractivity contribution < 1.29 is 0 Å². The van der Waals surface area contributed by atoms with Gasteiger partial charge in [-0.25, -0.2) is 14.6 Å². The van der Waals surface area contributed by atoms with E-state index >= 15 is 0 Å². The van der Waals surface area contributed by atoms with Crippen molar-refractivity contribution in [1.82, 2.24) is 19.7 Å². The van der Waals surface area contributed by atoms with Gasteiger partial charge in [0, 0.05) is 12.6 Å². The second kappa shape index (κ2) is 6.51. The molecule has 4 rings (SSSR count). The van der Waals surface area contributed by atoms with E-state index < -0.39 is 0 Å². The zero-order valence-corrected chi connectivity index (χ0v) is 14.2. The highest BCUT2D eigenvalue weighted by Gasteiger charge is 2.28. The van der Waals surface area contributed by atoms with Crippen LogP contribution >= 0.6 is 11.6 Å². The van der Waals surface area contributed by atoms with E-state index in [4.69, 9.17) is 11.6 Å². The van der Waals surface area contributed by atoms with Crippen LogP contribution in [0.25, 0.3) is 0 Å². The third kappa shape index (κ3) is 3.02. The first kappa shape index (κ1) is 15.6. The van der Waals surface area contributed by atoms with Crippen molar-refractivity contribution in [2.45, 2.75) is 51.1 Å². The summed E-state index contributed by atoms with van der Waals surface area (Å²) < 4.78 is 1.63. The van der Waals surface area contributed by atoms with E-state index in [1.54, 1.807) is 23.1 Å². The summed E-state index contributed by atoms with van der Waals surface area (Å²) in [7, 11) is 0. The van der Waals surface area contributed by atoms with Crippen molar-refractivity contribution in [3.05, 3.63) is 45.1 Å². The molecule has 0 spiro atoms. The average Bonchev–Trinajstić information content (AvgIpc) is 3.04. The third-order valence-electron chi connectivity index (χ3n) is 4.90. The number of hydrogen-bond acceptors (Lipinski definition) is 5. The van der Waals surface area contributed by atoms with Crippen LogP contribution in [0, 0.1) is 0 Å². The lowest BCUT2D eigenvalue weighted by atomic mass is 9.97. The van der Waals surface area contributed by atoms with Crippen LogP contribution in [0.5, 0.6) is 0 Å². The summed E-state index contributed by atoms with van der Waals surface area (Å²) in [5.41, 5.74) is 2.22. The maximum absolute atomic E-state index is 12.4. The predicted molar refractivity (Wildman–Crippen MR) is 92.5 cm³/mol. The Hall–Kier alpha value is -1.95. The highest BCUT2D eigenvalue weighted by atomic mass is 35.5. The molecule has 1 unspecified atom stereocenters. The fourth-order valence-electron chi connectivity index (χ4n) is 3.67. The second-order valence-corrected chi connectivity index (χ2v) is 6.97. The summed E-state index contributed by atoms with van der Waals surface area (Å²) >= 11 is 5.87. The number of anilines is 1. The van der Waals surface area contributed by atoms with Gasteiger partial charge in [0.15, 0.2) is 0 Å². The van der Waals surface area contributed by atoms with Crippen LogP contribution in [0.15, 0.2) is 23.3 Å². The fraction of sp³-hybridized carbons (Fsp3) is 0.529. The van der Waals surface area contributed by atoms with E-state index in [0.717, 1.165) is 56.3 Å². The lowest BCUT2D eigenvalue weighted by Crippen LogP contribution is -2.38. The Bertz CT molecular complexity index is 789. The summed E-state index contributed by atoms with van der Waals surface area (Å²) in [6, 6.07) is 1.97. The van der Waals surface area contributed by atoms with Crippen molar-refractivity contribution >= 4 is 17.5 Å². The highest BCUT2D eigenvalue weighted by Crippen LogP contribution is 2.24. The molecule has 2 aliphatic rings. The van der Waals surface area contributed by atoms with Crippen LogP contribution in [0.3, 0.4) is 0 Å². The quantitative estimate of drug-likeness (QED) is 0.853. The Kier molecular flexibility index (Phi) is 4.22. The number of fused-ring (bicyclic) bond motifs is 1. The molecule has 3 heterocycles.